The first kappa shape index (κ1) is 25.9. The minimum Gasteiger partial charge on any atom is -0.456 e. The number of hydrogen-bond donors (Lipinski definition) is 0. The minimum atomic E-state index is 0.495. The summed E-state index contributed by atoms with van der Waals surface area (Å²) in [6, 6.07) is 48.9. The molecule has 6 aromatic carbocycles. The Bertz CT molecular complexity index is 2590. The second-order valence-corrected chi connectivity index (χ2v) is 11.2. The maximum atomic E-state index is 10.0. The van der Waals surface area contributed by atoms with E-state index in [2.05, 4.69) is 83.4 Å². The Balaban J connectivity index is 1.34. The largest absolute Gasteiger partial charge is 0.456 e. The van der Waals surface area contributed by atoms with Crippen molar-refractivity contribution >= 4 is 43.7 Å². The van der Waals surface area contributed by atoms with Gasteiger partial charge >= 0.3 is 0 Å². The molecule has 0 N–H and O–H groups in total. The Hall–Kier alpha value is -6.58. The SMILES string of the molecule is N#Cc1cccc2oc3cccc(-c4nc(-c5ccc(-c6ccccc6)cc5)nc(-n5c6ccccc6c6ccccc65)n4)c3c12. The van der Waals surface area contributed by atoms with Crippen molar-refractivity contribution in [1.29, 1.82) is 5.26 Å². The zero-order valence-electron chi connectivity index (χ0n) is 24.4. The smallest absolute Gasteiger partial charge is 0.238 e. The lowest BCUT2D eigenvalue weighted by Gasteiger charge is -2.12. The first-order valence-electron chi connectivity index (χ1n) is 15.0. The maximum absolute atomic E-state index is 10.0. The Morgan fingerprint density at radius 1 is 0.500 bits per heavy atom. The fourth-order valence-corrected chi connectivity index (χ4v) is 6.44. The van der Waals surface area contributed by atoms with Crippen molar-refractivity contribution in [3.8, 4) is 45.9 Å². The normalized spacial score (nSPS) is 11.5. The standard InChI is InChI=1S/C40H23N5O/c41-24-28-12-8-18-34-36(28)37-31(15-9-19-35(37)46-34)39-42-38(27-22-20-26(21-23-27)25-10-2-1-3-11-25)43-40(44-39)45-32-16-6-4-13-29(32)30-14-5-7-17-33(30)45/h1-23H. The van der Waals surface area contributed by atoms with Gasteiger partial charge in [-0.05, 0) is 41.5 Å². The zero-order chi connectivity index (χ0) is 30.6. The van der Waals surface area contributed by atoms with Crippen LogP contribution >= 0.6 is 0 Å². The molecule has 0 aliphatic heterocycles. The number of rotatable bonds is 4. The molecular weight excluding hydrogens is 566 g/mol. The Morgan fingerprint density at radius 2 is 1.09 bits per heavy atom. The monoisotopic (exact) mass is 589 g/mol. The molecule has 9 rings (SSSR count). The van der Waals surface area contributed by atoms with Crippen molar-refractivity contribution in [1.82, 2.24) is 19.5 Å². The van der Waals surface area contributed by atoms with E-state index < -0.39 is 0 Å². The predicted molar refractivity (Wildman–Crippen MR) is 182 cm³/mol. The van der Waals surface area contributed by atoms with Gasteiger partial charge in [0.2, 0.25) is 5.95 Å². The van der Waals surface area contributed by atoms with Gasteiger partial charge in [-0.15, -0.1) is 0 Å². The highest BCUT2D eigenvalue weighted by Crippen LogP contribution is 2.38. The molecule has 0 saturated heterocycles. The molecule has 46 heavy (non-hydrogen) atoms. The van der Waals surface area contributed by atoms with E-state index in [1.165, 1.54) is 0 Å². The van der Waals surface area contributed by atoms with Gasteiger partial charge in [0.25, 0.3) is 0 Å². The topological polar surface area (TPSA) is 80.5 Å². The average Bonchev–Trinajstić information content (AvgIpc) is 3.68. The third kappa shape index (κ3) is 4.00. The lowest BCUT2D eigenvalue weighted by molar-refractivity contribution is 0.669. The van der Waals surface area contributed by atoms with Gasteiger partial charge < -0.3 is 4.42 Å². The summed E-state index contributed by atoms with van der Waals surface area (Å²) in [6.07, 6.45) is 0. The fraction of sp³-hybridized carbons (Fsp3) is 0. The van der Waals surface area contributed by atoms with Gasteiger partial charge in [-0.3, -0.25) is 4.57 Å². The molecule has 3 heterocycles. The molecule has 0 aliphatic rings. The summed E-state index contributed by atoms with van der Waals surface area (Å²) in [5, 5.41) is 13.8. The Labute approximate surface area is 263 Å². The van der Waals surface area contributed by atoms with E-state index in [4.69, 9.17) is 19.4 Å². The van der Waals surface area contributed by atoms with E-state index in [1.54, 1.807) is 0 Å². The lowest BCUT2D eigenvalue weighted by Crippen LogP contribution is -2.06. The predicted octanol–water partition coefficient (Wildman–Crippen LogP) is 9.74. The number of fused-ring (bicyclic) bond motifs is 6. The Kier molecular flexibility index (Phi) is 5.77. The summed E-state index contributed by atoms with van der Waals surface area (Å²) in [5.41, 5.74) is 7.76. The van der Waals surface area contributed by atoms with Gasteiger partial charge in [0.05, 0.1) is 22.7 Å². The van der Waals surface area contributed by atoms with Crippen LogP contribution in [0.1, 0.15) is 5.56 Å². The van der Waals surface area contributed by atoms with Crippen LogP contribution in [0.3, 0.4) is 0 Å². The van der Waals surface area contributed by atoms with Gasteiger partial charge in [-0.1, -0.05) is 109 Å². The molecular formula is C40H23N5O. The van der Waals surface area contributed by atoms with Crippen LogP contribution in [0.25, 0.3) is 83.6 Å². The zero-order valence-corrected chi connectivity index (χ0v) is 24.4. The third-order valence-corrected chi connectivity index (χ3v) is 8.54. The summed E-state index contributed by atoms with van der Waals surface area (Å²) in [5.74, 6) is 1.55. The molecule has 6 heteroatoms. The van der Waals surface area contributed by atoms with E-state index in [0.29, 0.717) is 34.3 Å². The van der Waals surface area contributed by atoms with E-state index in [9.17, 15) is 5.26 Å². The first-order chi connectivity index (χ1) is 22.8. The molecule has 0 atom stereocenters. The van der Waals surface area contributed by atoms with E-state index in [1.807, 2.05) is 66.7 Å². The van der Waals surface area contributed by atoms with Crippen molar-refractivity contribution < 1.29 is 4.42 Å². The number of nitriles is 1. The van der Waals surface area contributed by atoms with Gasteiger partial charge in [-0.2, -0.15) is 15.2 Å². The molecule has 0 radical (unpaired) electrons. The molecule has 0 saturated carbocycles. The number of aromatic nitrogens is 4. The molecule has 0 amide bonds. The van der Waals surface area contributed by atoms with Crippen LogP contribution in [0.4, 0.5) is 0 Å². The van der Waals surface area contributed by atoms with Crippen molar-refractivity contribution in [2.45, 2.75) is 0 Å². The van der Waals surface area contributed by atoms with Crippen LogP contribution in [0.5, 0.6) is 0 Å². The number of benzene rings is 6. The third-order valence-electron chi connectivity index (χ3n) is 8.54. The molecule has 6 nitrogen and oxygen atoms in total. The van der Waals surface area contributed by atoms with Crippen LogP contribution in [0, 0.1) is 11.3 Å². The summed E-state index contributed by atoms with van der Waals surface area (Å²) < 4.78 is 8.32. The fourth-order valence-electron chi connectivity index (χ4n) is 6.44. The summed E-state index contributed by atoms with van der Waals surface area (Å²) >= 11 is 0. The lowest BCUT2D eigenvalue weighted by atomic mass is 10.0. The highest BCUT2D eigenvalue weighted by atomic mass is 16.3. The van der Waals surface area contributed by atoms with Crippen molar-refractivity contribution in [3.63, 3.8) is 0 Å². The second-order valence-electron chi connectivity index (χ2n) is 11.2. The molecule has 0 unspecified atom stereocenters. The van der Waals surface area contributed by atoms with Crippen LogP contribution in [0.2, 0.25) is 0 Å². The first-order valence-corrected chi connectivity index (χ1v) is 15.0. The number of nitrogens with zero attached hydrogens (tertiary/aromatic N) is 5. The maximum Gasteiger partial charge on any atom is 0.238 e. The van der Waals surface area contributed by atoms with Crippen molar-refractivity contribution in [2.75, 3.05) is 0 Å². The molecule has 0 bridgehead atoms. The molecule has 9 aromatic rings. The molecule has 0 spiro atoms. The summed E-state index contributed by atoms with van der Waals surface area (Å²) in [7, 11) is 0. The van der Waals surface area contributed by atoms with Gasteiger partial charge in [0.15, 0.2) is 11.6 Å². The van der Waals surface area contributed by atoms with Crippen molar-refractivity contribution in [3.05, 3.63) is 145 Å². The van der Waals surface area contributed by atoms with Crippen LogP contribution in [-0.4, -0.2) is 19.5 Å². The Morgan fingerprint density at radius 3 is 1.80 bits per heavy atom. The quantitative estimate of drug-likeness (QED) is 0.204. The molecule has 0 fully saturated rings. The van der Waals surface area contributed by atoms with Gasteiger partial charge in [0, 0.05) is 32.7 Å². The van der Waals surface area contributed by atoms with Crippen molar-refractivity contribution in [2.24, 2.45) is 0 Å². The highest BCUT2D eigenvalue weighted by molar-refractivity contribution is 6.14. The molecule has 0 aliphatic carbocycles. The van der Waals surface area contributed by atoms with Crippen LogP contribution < -0.4 is 0 Å². The summed E-state index contributed by atoms with van der Waals surface area (Å²) in [6.45, 7) is 0. The molecule has 3 aromatic heterocycles. The van der Waals surface area contributed by atoms with E-state index in [0.717, 1.165) is 54.8 Å². The highest BCUT2D eigenvalue weighted by Gasteiger charge is 2.21. The van der Waals surface area contributed by atoms with E-state index in [-0.39, 0.29) is 0 Å². The van der Waals surface area contributed by atoms with Crippen LogP contribution in [0.15, 0.2) is 144 Å². The minimum absolute atomic E-state index is 0.495. The number of furan rings is 1. The number of para-hydroxylation sites is 2. The number of hydrogen-bond acceptors (Lipinski definition) is 5. The van der Waals surface area contributed by atoms with Gasteiger partial charge in [0.1, 0.15) is 11.2 Å². The van der Waals surface area contributed by atoms with E-state index >= 15 is 0 Å². The van der Waals surface area contributed by atoms with Gasteiger partial charge in [-0.25, -0.2) is 4.98 Å². The average molecular weight is 590 g/mol. The molecule has 214 valence electrons. The summed E-state index contributed by atoms with van der Waals surface area (Å²) in [4.78, 5) is 15.3. The van der Waals surface area contributed by atoms with Crippen LogP contribution in [-0.2, 0) is 0 Å². The second kappa shape index (κ2) is 10.3.